The van der Waals surface area contributed by atoms with Crippen LogP contribution in [0.1, 0.15) is 25.3 Å². The molecule has 1 aromatic rings. The van der Waals surface area contributed by atoms with Crippen molar-refractivity contribution in [1.82, 2.24) is 0 Å². The van der Waals surface area contributed by atoms with Crippen molar-refractivity contribution >= 4 is 11.8 Å². The lowest BCUT2D eigenvalue weighted by Crippen LogP contribution is -1.96. The molecule has 14 heavy (non-hydrogen) atoms. The number of phenols is 1. The zero-order valence-electron chi connectivity index (χ0n) is 8.49. The van der Waals surface area contributed by atoms with Gasteiger partial charge < -0.3 is 10.8 Å². The maximum Gasteiger partial charge on any atom is 0.120 e. The van der Waals surface area contributed by atoms with Gasteiger partial charge in [0.25, 0.3) is 0 Å². The fraction of sp³-hybridized carbons (Fsp3) is 0.455. The van der Waals surface area contributed by atoms with E-state index >= 15 is 0 Å². The second-order valence-corrected chi connectivity index (χ2v) is 4.36. The van der Waals surface area contributed by atoms with Crippen molar-refractivity contribution in [2.24, 2.45) is 5.73 Å². The number of nitrogens with two attached hydrogens (primary N) is 1. The van der Waals surface area contributed by atoms with Crippen molar-refractivity contribution in [3.05, 3.63) is 23.8 Å². The van der Waals surface area contributed by atoms with Gasteiger partial charge in [-0.1, -0.05) is 13.3 Å². The number of benzene rings is 1. The second kappa shape index (κ2) is 5.94. The fourth-order valence-corrected chi connectivity index (χ4v) is 2.21. The van der Waals surface area contributed by atoms with Gasteiger partial charge in [-0.3, -0.25) is 0 Å². The van der Waals surface area contributed by atoms with Crippen LogP contribution in [0, 0.1) is 0 Å². The first-order valence-electron chi connectivity index (χ1n) is 4.92. The molecule has 0 bridgehead atoms. The Morgan fingerprint density at radius 3 is 2.86 bits per heavy atom. The Kier molecular flexibility index (Phi) is 4.84. The Morgan fingerprint density at radius 1 is 1.43 bits per heavy atom. The van der Waals surface area contributed by atoms with E-state index in [4.69, 9.17) is 5.73 Å². The number of aromatic hydroxyl groups is 1. The highest BCUT2D eigenvalue weighted by Gasteiger charge is 2.00. The van der Waals surface area contributed by atoms with E-state index < -0.39 is 0 Å². The Hall–Kier alpha value is -0.670. The average molecular weight is 211 g/mol. The summed E-state index contributed by atoms with van der Waals surface area (Å²) in [6.07, 6.45) is 2.44. The van der Waals surface area contributed by atoms with Gasteiger partial charge >= 0.3 is 0 Å². The van der Waals surface area contributed by atoms with E-state index in [1.807, 2.05) is 23.9 Å². The van der Waals surface area contributed by atoms with Crippen LogP contribution in [0.25, 0.3) is 0 Å². The molecule has 0 amide bonds. The van der Waals surface area contributed by atoms with Crippen LogP contribution in [0.2, 0.25) is 0 Å². The summed E-state index contributed by atoms with van der Waals surface area (Å²) in [6, 6.07) is 5.63. The zero-order chi connectivity index (χ0) is 10.4. The first-order valence-corrected chi connectivity index (χ1v) is 5.91. The van der Waals surface area contributed by atoms with Crippen LogP contribution in [0.15, 0.2) is 23.1 Å². The number of hydrogen-bond donors (Lipinski definition) is 2. The molecular weight excluding hydrogens is 194 g/mol. The van der Waals surface area contributed by atoms with Gasteiger partial charge in [0, 0.05) is 17.0 Å². The average Bonchev–Trinajstić information content (AvgIpc) is 2.21. The molecule has 0 aliphatic rings. The van der Waals surface area contributed by atoms with Gasteiger partial charge in [0.2, 0.25) is 0 Å². The lowest BCUT2D eigenvalue weighted by molar-refractivity contribution is 0.468. The minimum absolute atomic E-state index is 0.298. The van der Waals surface area contributed by atoms with Crippen molar-refractivity contribution in [3.8, 4) is 5.75 Å². The summed E-state index contributed by atoms with van der Waals surface area (Å²) in [5.41, 5.74) is 6.33. The van der Waals surface area contributed by atoms with Crippen molar-refractivity contribution in [2.45, 2.75) is 31.2 Å². The molecule has 2 nitrogen and oxygen atoms in total. The molecule has 0 aromatic heterocycles. The third-order valence-electron chi connectivity index (χ3n) is 2.04. The predicted octanol–water partition coefficient (Wildman–Crippen LogP) is 2.74. The lowest BCUT2D eigenvalue weighted by Gasteiger charge is -2.05. The van der Waals surface area contributed by atoms with Crippen LogP contribution in [-0.4, -0.2) is 10.9 Å². The van der Waals surface area contributed by atoms with Crippen LogP contribution in [0.3, 0.4) is 0 Å². The van der Waals surface area contributed by atoms with E-state index in [-0.39, 0.29) is 0 Å². The smallest absolute Gasteiger partial charge is 0.120 e. The molecule has 0 heterocycles. The molecule has 0 saturated heterocycles. The molecule has 0 unspecified atom stereocenters. The fourth-order valence-electron chi connectivity index (χ4n) is 1.15. The molecule has 1 rings (SSSR count). The molecule has 3 N–H and O–H groups in total. The summed E-state index contributed by atoms with van der Waals surface area (Å²) >= 11 is 1.82. The SMILES string of the molecule is CCCCSc1ccc(O)c(CN)c1. The first-order chi connectivity index (χ1) is 6.77. The number of rotatable bonds is 5. The predicted molar refractivity (Wildman–Crippen MR) is 61.6 cm³/mol. The number of thioether (sulfide) groups is 1. The van der Waals surface area contributed by atoms with E-state index in [1.54, 1.807) is 6.07 Å². The van der Waals surface area contributed by atoms with Gasteiger partial charge in [-0.2, -0.15) is 0 Å². The molecular formula is C11H17NOS. The van der Waals surface area contributed by atoms with Crippen LogP contribution >= 0.6 is 11.8 Å². The molecule has 0 radical (unpaired) electrons. The maximum absolute atomic E-state index is 9.42. The summed E-state index contributed by atoms with van der Waals surface area (Å²) < 4.78 is 0. The lowest BCUT2D eigenvalue weighted by atomic mass is 10.2. The maximum atomic E-state index is 9.42. The Balaban J connectivity index is 2.60. The topological polar surface area (TPSA) is 46.2 Å². The number of phenolic OH excluding ortho intramolecular Hbond substituents is 1. The van der Waals surface area contributed by atoms with Crippen molar-refractivity contribution in [2.75, 3.05) is 5.75 Å². The van der Waals surface area contributed by atoms with Crippen molar-refractivity contribution < 1.29 is 5.11 Å². The standard InChI is InChI=1S/C11H17NOS/c1-2-3-6-14-10-4-5-11(13)9(7-10)8-12/h4-5,7,13H,2-3,6,8,12H2,1H3. The normalized spacial score (nSPS) is 10.4. The van der Waals surface area contributed by atoms with Gasteiger partial charge in [0.05, 0.1) is 0 Å². The minimum Gasteiger partial charge on any atom is -0.508 e. The van der Waals surface area contributed by atoms with E-state index in [9.17, 15) is 5.11 Å². The highest BCUT2D eigenvalue weighted by atomic mass is 32.2. The highest BCUT2D eigenvalue weighted by molar-refractivity contribution is 7.99. The van der Waals surface area contributed by atoms with Gasteiger partial charge in [0.1, 0.15) is 5.75 Å². The van der Waals surface area contributed by atoms with Crippen molar-refractivity contribution in [3.63, 3.8) is 0 Å². The molecule has 78 valence electrons. The molecule has 0 saturated carbocycles. The van der Waals surface area contributed by atoms with Gasteiger partial charge in [-0.25, -0.2) is 0 Å². The summed E-state index contributed by atoms with van der Waals surface area (Å²) in [4.78, 5) is 1.19. The van der Waals surface area contributed by atoms with Gasteiger partial charge in [-0.15, -0.1) is 11.8 Å². The number of unbranched alkanes of at least 4 members (excludes halogenated alkanes) is 1. The van der Waals surface area contributed by atoms with Crippen LogP contribution in [-0.2, 0) is 6.54 Å². The first kappa shape index (κ1) is 11.4. The third-order valence-corrected chi connectivity index (χ3v) is 3.12. The molecule has 1 aromatic carbocycles. The largest absolute Gasteiger partial charge is 0.508 e. The van der Waals surface area contributed by atoms with E-state index in [0.29, 0.717) is 12.3 Å². The van der Waals surface area contributed by atoms with E-state index in [0.717, 1.165) is 11.3 Å². The minimum atomic E-state index is 0.298. The quantitative estimate of drug-likeness (QED) is 0.581. The molecule has 0 aliphatic heterocycles. The van der Waals surface area contributed by atoms with Crippen LogP contribution < -0.4 is 5.73 Å². The van der Waals surface area contributed by atoms with Gasteiger partial charge in [-0.05, 0) is 30.4 Å². The van der Waals surface area contributed by atoms with Crippen molar-refractivity contribution in [1.29, 1.82) is 0 Å². The summed E-state index contributed by atoms with van der Waals surface area (Å²) in [6.45, 7) is 2.58. The van der Waals surface area contributed by atoms with Crippen LogP contribution in [0.5, 0.6) is 5.75 Å². The summed E-state index contributed by atoms with van der Waals surface area (Å²) in [5, 5.41) is 9.42. The monoisotopic (exact) mass is 211 g/mol. The zero-order valence-corrected chi connectivity index (χ0v) is 9.31. The molecule has 0 atom stereocenters. The van der Waals surface area contributed by atoms with E-state index in [2.05, 4.69) is 6.92 Å². The second-order valence-electron chi connectivity index (χ2n) is 3.20. The molecule has 0 spiro atoms. The Bertz CT molecular complexity index is 289. The highest BCUT2D eigenvalue weighted by Crippen LogP contribution is 2.25. The van der Waals surface area contributed by atoms with Gasteiger partial charge in [0.15, 0.2) is 0 Å². The van der Waals surface area contributed by atoms with Crippen LogP contribution in [0.4, 0.5) is 0 Å². The summed E-state index contributed by atoms with van der Waals surface area (Å²) in [5.74, 6) is 1.43. The number of hydrogen-bond acceptors (Lipinski definition) is 3. The molecule has 0 aliphatic carbocycles. The Labute approximate surface area is 89.5 Å². The van der Waals surface area contributed by atoms with E-state index in [1.165, 1.54) is 17.7 Å². The Morgan fingerprint density at radius 2 is 2.21 bits per heavy atom. The molecule has 3 heteroatoms. The molecule has 0 fully saturated rings. The summed E-state index contributed by atoms with van der Waals surface area (Å²) in [7, 11) is 0. The third kappa shape index (κ3) is 3.24.